The lowest BCUT2D eigenvalue weighted by Crippen LogP contribution is -2.15. The van der Waals surface area contributed by atoms with Gasteiger partial charge in [0.1, 0.15) is 6.61 Å². The average molecular weight is 424 g/mol. The maximum Gasteiger partial charge on any atom is 0.411 e. The van der Waals surface area contributed by atoms with Crippen LogP contribution in [0.1, 0.15) is 21.5 Å². The molecule has 0 bridgehead atoms. The normalized spacial score (nSPS) is 10.3. The summed E-state index contributed by atoms with van der Waals surface area (Å²) in [6, 6.07) is 21.4. The molecule has 3 aromatic rings. The van der Waals surface area contributed by atoms with Gasteiger partial charge in [0.05, 0.1) is 0 Å². The molecule has 0 unspecified atom stereocenters. The van der Waals surface area contributed by atoms with Crippen LogP contribution in [-0.2, 0) is 17.8 Å². The number of ether oxygens (including phenoxy) is 1. The lowest BCUT2D eigenvalue weighted by Gasteiger charge is -2.10. The minimum Gasteiger partial charge on any atom is -0.444 e. The molecule has 0 fully saturated rings. The van der Waals surface area contributed by atoms with E-state index in [1.807, 2.05) is 54.6 Å². The van der Waals surface area contributed by atoms with E-state index in [0.29, 0.717) is 28.5 Å². The van der Waals surface area contributed by atoms with E-state index in [1.54, 1.807) is 6.07 Å². The fourth-order valence-corrected chi connectivity index (χ4v) is 3.03. The Balaban J connectivity index is 1.62. The topological polar surface area (TPSA) is 93.5 Å². The van der Waals surface area contributed by atoms with Gasteiger partial charge in [-0.05, 0) is 54.4 Å². The van der Waals surface area contributed by atoms with Crippen LogP contribution in [0.4, 0.5) is 16.2 Å². The number of carbonyl (C=O) groups excluding carboxylic acids is 2. The van der Waals surface area contributed by atoms with Crippen molar-refractivity contribution in [2.24, 2.45) is 5.73 Å². The van der Waals surface area contributed by atoms with Gasteiger partial charge in [-0.25, -0.2) is 4.79 Å². The van der Waals surface area contributed by atoms with E-state index < -0.39 is 6.09 Å². The predicted octanol–water partition coefficient (Wildman–Crippen LogP) is 4.84. The standard InChI is InChI=1S/C23H22ClN3O3/c24-19-12-18(22(28)26-20-8-6-16(7-9-20)10-11-25)13-21(14-19)27-23(29)30-15-17-4-2-1-3-5-17/h1-9,12-14H,10-11,15,25H2,(H,26,28)(H,27,29). The van der Waals surface area contributed by atoms with Crippen LogP contribution in [0.3, 0.4) is 0 Å². The lowest BCUT2D eigenvalue weighted by molar-refractivity contribution is 0.102. The number of hydrogen-bond donors (Lipinski definition) is 3. The molecule has 2 amide bonds. The molecule has 0 saturated heterocycles. The molecule has 3 aromatic carbocycles. The minimum atomic E-state index is -0.636. The first-order chi connectivity index (χ1) is 14.5. The number of nitrogens with two attached hydrogens (primary N) is 1. The Morgan fingerprint density at radius 2 is 1.60 bits per heavy atom. The summed E-state index contributed by atoms with van der Waals surface area (Å²) in [7, 11) is 0. The molecule has 0 aliphatic carbocycles. The second-order valence-corrected chi connectivity index (χ2v) is 7.04. The van der Waals surface area contributed by atoms with E-state index in [-0.39, 0.29) is 12.5 Å². The molecule has 6 nitrogen and oxygen atoms in total. The van der Waals surface area contributed by atoms with Crippen LogP contribution in [0.15, 0.2) is 72.8 Å². The Kier molecular flexibility index (Phi) is 7.43. The van der Waals surface area contributed by atoms with E-state index in [2.05, 4.69) is 10.6 Å². The number of benzene rings is 3. The number of carbonyl (C=O) groups is 2. The van der Waals surface area contributed by atoms with Crippen molar-refractivity contribution >= 4 is 35.0 Å². The van der Waals surface area contributed by atoms with Crippen molar-refractivity contribution in [2.45, 2.75) is 13.0 Å². The van der Waals surface area contributed by atoms with Crippen molar-refractivity contribution in [3.05, 3.63) is 94.5 Å². The van der Waals surface area contributed by atoms with Crippen molar-refractivity contribution in [1.29, 1.82) is 0 Å². The summed E-state index contributed by atoms with van der Waals surface area (Å²) < 4.78 is 5.20. The summed E-state index contributed by atoms with van der Waals surface area (Å²) in [6.45, 7) is 0.707. The number of nitrogens with one attached hydrogen (secondary N) is 2. The molecular formula is C23H22ClN3O3. The first kappa shape index (κ1) is 21.4. The van der Waals surface area contributed by atoms with Gasteiger partial charge >= 0.3 is 6.09 Å². The van der Waals surface area contributed by atoms with E-state index in [1.165, 1.54) is 12.1 Å². The van der Waals surface area contributed by atoms with Gasteiger partial charge in [0.25, 0.3) is 5.91 Å². The first-order valence-electron chi connectivity index (χ1n) is 9.42. The minimum absolute atomic E-state index is 0.140. The number of anilines is 2. The molecule has 0 radical (unpaired) electrons. The summed E-state index contributed by atoms with van der Waals surface area (Å²) in [5.41, 5.74) is 8.84. The zero-order valence-electron chi connectivity index (χ0n) is 16.2. The summed E-state index contributed by atoms with van der Waals surface area (Å²) in [4.78, 5) is 24.7. The van der Waals surface area contributed by atoms with Crippen LogP contribution in [-0.4, -0.2) is 18.5 Å². The van der Waals surface area contributed by atoms with E-state index in [4.69, 9.17) is 22.1 Å². The maximum atomic E-state index is 12.6. The quantitative estimate of drug-likeness (QED) is 0.506. The molecule has 7 heteroatoms. The van der Waals surface area contributed by atoms with Crippen LogP contribution in [0.5, 0.6) is 0 Å². The SMILES string of the molecule is NCCc1ccc(NC(=O)c2cc(Cl)cc(NC(=O)OCc3ccccc3)c2)cc1. The molecule has 30 heavy (non-hydrogen) atoms. The third-order valence-corrected chi connectivity index (χ3v) is 4.48. The van der Waals surface area contributed by atoms with Gasteiger partial charge in [-0.2, -0.15) is 0 Å². The predicted molar refractivity (Wildman–Crippen MR) is 119 cm³/mol. The van der Waals surface area contributed by atoms with Gasteiger partial charge in [-0.3, -0.25) is 10.1 Å². The fraction of sp³-hybridized carbons (Fsp3) is 0.130. The Morgan fingerprint density at radius 1 is 0.867 bits per heavy atom. The van der Waals surface area contributed by atoms with Crippen molar-refractivity contribution in [3.8, 4) is 0 Å². The zero-order chi connectivity index (χ0) is 21.3. The maximum absolute atomic E-state index is 12.6. The van der Waals surface area contributed by atoms with Gasteiger partial charge < -0.3 is 15.8 Å². The van der Waals surface area contributed by atoms with Gasteiger partial charge in [-0.1, -0.05) is 54.1 Å². The highest BCUT2D eigenvalue weighted by Gasteiger charge is 2.11. The third-order valence-electron chi connectivity index (χ3n) is 4.26. The van der Waals surface area contributed by atoms with E-state index in [9.17, 15) is 9.59 Å². The van der Waals surface area contributed by atoms with Crippen LogP contribution < -0.4 is 16.4 Å². The summed E-state index contributed by atoms with van der Waals surface area (Å²) in [6.07, 6.45) is 0.140. The molecule has 0 atom stereocenters. The van der Waals surface area contributed by atoms with Gasteiger partial charge in [-0.15, -0.1) is 0 Å². The van der Waals surface area contributed by atoms with Crippen molar-refractivity contribution in [2.75, 3.05) is 17.2 Å². The monoisotopic (exact) mass is 423 g/mol. The number of amides is 2. The number of rotatable bonds is 7. The van der Waals surface area contributed by atoms with Crippen LogP contribution >= 0.6 is 11.6 Å². The highest BCUT2D eigenvalue weighted by molar-refractivity contribution is 6.31. The second-order valence-electron chi connectivity index (χ2n) is 6.61. The van der Waals surface area contributed by atoms with Gasteiger partial charge in [0.2, 0.25) is 0 Å². The van der Waals surface area contributed by atoms with Crippen LogP contribution in [0.2, 0.25) is 5.02 Å². The highest BCUT2D eigenvalue weighted by Crippen LogP contribution is 2.21. The number of halogens is 1. The van der Waals surface area contributed by atoms with E-state index in [0.717, 1.165) is 17.5 Å². The van der Waals surface area contributed by atoms with Crippen molar-refractivity contribution in [3.63, 3.8) is 0 Å². The Labute approximate surface area is 180 Å². The van der Waals surface area contributed by atoms with Crippen LogP contribution in [0, 0.1) is 0 Å². The molecule has 154 valence electrons. The molecule has 0 spiro atoms. The third kappa shape index (κ3) is 6.34. The Hall–Kier alpha value is -3.35. The molecule has 0 heterocycles. The molecule has 0 aromatic heterocycles. The van der Waals surface area contributed by atoms with Crippen molar-refractivity contribution in [1.82, 2.24) is 0 Å². The molecule has 0 aliphatic heterocycles. The van der Waals surface area contributed by atoms with Gasteiger partial charge in [0.15, 0.2) is 0 Å². The summed E-state index contributed by atoms with van der Waals surface area (Å²) >= 11 is 6.13. The summed E-state index contributed by atoms with van der Waals surface area (Å²) in [5, 5.41) is 5.72. The van der Waals surface area contributed by atoms with Crippen LogP contribution in [0.25, 0.3) is 0 Å². The zero-order valence-corrected chi connectivity index (χ0v) is 17.0. The lowest BCUT2D eigenvalue weighted by atomic mass is 10.1. The van der Waals surface area contributed by atoms with Gasteiger partial charge in [0, 0.05) is 22.0 Å². The Bertz CT molecular complexity index is 1010. The first-order valence-corrected chi connectivity index (χ1v) is 9.80. The molecule has 0 aliphatic rings. The largest absolute Gasteiger partial charge is 0.444 e. The highest BCUT2D eigenvalue weighted by atomic mass is 35.5. The molecular weight excluding hydrogens is 402 g/mol. The number of hydrogen-bond acceptors (Lipinski definition) is 4. The molecule has 0 saturated carbocycles. The van der Waals surface area contributed by atoms with E-state index >= 15 is 0 Å². The molecule has 4 N–H and O–H groups in total. The molecule has 3 rings (SSSR count). The second kappa shape index (κ2) is 10.4. The Morgan fingerprint density at radius 3 is 2.30 bits per heavy atom. The average Bonchev–Trinajstić information content (AvgIpc) is 2.74. The van der Waals surface area contributed by atoms with Crippen molar-refractivity contribution < 1.29 is 14.3 Å². The smallest absolute Gasteiger partial charge is 0.411 e. The summed E-state index contributed by atoms with van der Waals surface area (Å²) in [5.74, 6) is -0.343. The fourth-order valence-electron chi connectivity index (χ4n) is 2.79.